The SMILES string of the molecule is CNC(C)c1ccc(SC(C)CO)cn1. The fraction of sp³-hybridized carbons (Fsp3) is 0.545. The van der Waals surface area contributed by atoms with Crippen LogP contribution in [-0.4, -0.2) is 29.0 Å². The van der Waals surface area contributed by atoms with Crippen LogP contribution < -0.4 is 5.32 Å². The monoisotopic (exact) mass is 226 g/mol. The molecule has 0 saturated heterocycles. The van der Waals surface area contributed by atoms with E-state index < -0.39 is 0 Å². The van der Waals surface area contributed by atoms with Gasteiger partial charge in [-0.1, -0.05) is 6.92 Å². The molecule has 0 saturated carbocycles. The average molecular weight is 226 g/mol. The van der Waals surface area contributed by atoms with E-state index in [-0.39, 0.29) is 17.9 Å². The van der Waals surface area contributed by atoms with Crippen LogP contribution in [0.2, 0.25) is 0 Å². The van der Waals surface area contributed by atoms with Crippen LogP contribution in [0.5, 0.6) is 0 Å². The minimum Gasteiger partial charge on any atom is -0.395 e. The molecule has 0 amide bonds. The molecule has 4 heteroatoms. The van der Waals surface area contributed by atoms with Gasteiger partial charge in [0, 0.05) is 22.4 Å². The maximum atomic E-state index is 8.93. The molecule has 2 N–H and O–H groups in total. The highest BCUT2D eigenvalue weighted by molar-refractivity contribution is 8.00. The Morgan fingerprint density at radius 1 is 1.47 bits per heavy atom. The van der Waals surface area contributed by atoms with E-state index in [0.29, 0.717) is 0 Å². The van der Waals surface area contributed by atoms with E-state index in [4.69, 9.17) is 5.11 Å². The van der Waals surface area contributed by atoms with Crippen LogP contribution in [0.3, 0.4) is 0 Å². The maximum Gasteiger partial charge on any atom is 0.0571 e. The largest absolute Gasteiger partial charge is 0.395 e. The third kappa shape index (κ3) is 3.81. The van der Waals surface area contributed by atoms with Crippen molar-refractivity contribution in [2.45, 2.75) is 30.0 Å². The number of nitrogens with one attached hydrogen (secondary N) is 1. The Bertz CT molecular complexity index is 289. The summed E-state index contributed by atoms with van der Waals surface area (Å²) in [5.74, 6) is 0. The summed E-state index contributed by atoms with van der Waals surface area (Å²) in [7, 11) is 1.92. The summed E-state index contributed by atoms with van der Waals surface area (Å²) in [6.07, 6.45) is 1.86. The van der Waals surface area contributed by atoms with Crippen molar-refractivity contribution in [3.05, 3.63) is 24.0 Å². The summed E-state index contributed by atoms with van der Waals surface area (Å²) in [6, 6.07) is 4.35. The normalized spacial score (nSPS) is 14.9. The predicted molar refractivity (Wildman–Crippen MR) is 64.1 cm³/mol. The maximum absolute atomic E-state index is 8.93. The van der Waals surface area contributed by atoms with E-state index >= 15 is 0 Å². The Labute approximate surface area is 95.3 Å². The molecule has 15 heavy (non-hydrogen) atoms. The molecule has 0 aliphatic heterocycles. The van der Waals surface area contributed by atoms with Gasteiger partial charge in [0.05, 0.1) is 12.3 Å². The number of hydrogen-bond donors (Lipinski definition) is 2. The second-order valence-electron chi connectivity index (χ2n) is 3.54. The summed E-state index contributed by atoms with van der Waals surface area (Å²) < 4.78 is 0. The lowest BCUT2D eigenvalue weighted by Gasteiger charge is -2.11. The molecule has 0 spiro atoms. The summed E-state index contributed by atoms with van der Waals surface area (Å²) in [6.45, 7) is 4.26. The molecule has 1 heterocycles. The Kier molecular flexibility index (Phi) is 5.08. The number of aromatic nitrogens is 1. The molecular formula is C11H18N2OS. The van der Waals surface area contributed by atoms with Crippen LogP contribution in [0.4, 0.5) is 0 Å². The summed E-state index contributed by atoms with van der Waals surface area (Å²) in [4.78, 5) is 5.47. The standard InChI is InChI=1S/C11H18N2OS/c1-8(7-14)15-10-4-5-11(13-6-10)9(2)12-3/h4-6,8-9,12,14H,7H2,1-3H3. The van der Waals surface area contributed by atoms with E-state index in [9.17, 15) is 0 Å². The van der Waals surface area contributed by atoms with Crippen LogP contribution in [0, 0.1) is 0 Å². The van der Waals surface area contributed by atoms with Gasteiger partial charge in [-0.05, 0) is 26.1 Å². The third-order valence-corrected chi connectivity index (χ3v) is 3.30. The lowest BCUT2D eigenvalue weighted by molar-refractivity contribution is 0.300. The molecule has 0 fully saturated rings. The van der Waals surface area contributed by atoms with E-state index in [2.05, 4.69) is 17.2 Å². The lowest BCUT2D eigenvalue weighted by atomic mass is 10.2. The highest BCUT2D eigenvalue weighted by atomic mass is 32.2. The molecular weight excluding hydrogens is 208 g/mol. The van der Waals surface area contributed by atoms with Gasteiger partial charge >= 0.3 is 0 Å². The zero-order valence-corrected chi connectivity index (χ0v) is 10.2. The molecule has 3 nitrogen and oxygen atoms in total. The Morgan fingerprint density at radius 2 is 2.20 bits per heavy atom. The highest BCUT2D eigenvalue weighted by Crippen LogP contribution is 2.22. The first-order chi connectivity index (χ1) is 7.17. The molecule has 0 radical (unpaired) electrons. The summed E-state index contributed by atoms with van der Waals surface area (Å²) >= 11 is 1.64. The first kappa shape index (κ1) is 12.5. The molecule has 0 aromatic carbocycles. The molecule has 0 aliphatic carbocycles. The average Bonchev–Trinajstić information content (AvgIpc) is 2.29. The first-order valence-electron chi connectivity index (χ1n) is 5.08. The molecule has 2 atom stereocenters. The summed E-state index contributed by atoms with van der Waals surface area (Å²) in [5, 5.41) is 12.3. The van der Waals surface area contributed by atoms with Gasteiger partial charge in [0.1, 0.15) is 0 Å². The second-order valence-corrected chi connectivity index (χ2v) is 5.05. The van der Waals surface area contributed by atoms with Crippen molar-refractivity contribution in [2.75, 3.05) is 13.7 Å². The first-order valence-corrected chi connectivity index (χ1v) is 5.96. The quantitative estimate of drug-likeness (QED) is 0.752. The van der Waals surface area contributed by atoms with Gasteiger partial charge in [-0.2, -0.15) is 0 Å². The van der Waals surface area contributed by atoms with Gasteiger partial charge in [0.25, 0.3) is 0 Å². The minimum absolute atomic E-state index is 0.194. The summed E-state index contributed by atoms with van der Waals surface area (Å²) in [5.41, 5.74) is 1.04. The smallest absolute Gasteiger partial charge is 0.0571 e. The van der Waals surface area contributed by atoms with Crippen LogP contribution in [0.15, 0.2) is 23.2 Å². The van der Waals surface area contributed by atoms with Gasteiger partial charge in [0.15, 0.2) is 0 Å². The van der Waals surface area contributed by atoms with E-state index in [1.165, 1.54) is 0 Å². The molecule has 0 bridgehead atoms. The van der Waals surface area contributed by atoms with Crippen LogP contribution in [0.25, 0.3) is 0 Å². The zero-order valence-electron chi connectivity index (χ0n) is 9.40. The molecule has 0 aliphatic rings. The van der Waals surface area contributed by atoms with Crippen molar-refractivity contribution in [3.8, 4) is 0 Å². The number of rotatable bonds is 5. The van der Waals surface area contributed by atoms with Crippen LogP contribution in [-0.2, 0) is 0 Å². The van der Waals surface area contributed by atoms with Gasteiger partial charge in [0.2, 0.25) is 0 Å². The van der Waals surface area contributed by atoms with Gasteiger partial charge < -0.3 is 10.4 Å². The molecule has 1 rings (SSSR count). The van der Waals surface area contributed by atoms with Crippen molar-refractivity contribution in [3.63, 3.8) is 0 Å². The minimum atomic E-state index is 0.194. The van der Waals surface area contributed by atoms with Crippen molar-refractivity contribution >= 4 is 11.8 Å². The topological polar surface area (TPSA) is 45.1 Å². The van der Waals surface area contributed by atoms with Gasteiger partial charge in [-0.3, -0.25) is 4.98 Å². The van der Waals surface area contributed by atoms with Crippen LogP contribution >= 0.6 is 11.8 Å². The van der Waals surface area contributed by atoms with Crippen molar-refractivity contribution in [1.82, 2.24) is 10.3 Å². The third-order valence-electron chi connectivity index (χ3n) is 2.23. The predicted octanol–water partition coefficient (Wildman–Crippen LogP) is 1.83. The van der Waals surface area contributed by atoms with Crippen LogP contribution in [0.1, 0.15) is 25.6 Å². The zero-order chi connectivity index (χ0) is 11.3. The Hall–Kier alpha value is -0.580. The second kappa shape index (κ2) is 6.10. The fourth-order valence-electron chi connectivity index (χ4n) is 1.14. The molecule has 1 aromatic rings. The van der Waals surface area contributed by atoms with Crippen molar-refractivity contribution < 1.29 is 5.11 Å². The Balaban J connectivity index is 2.64. The van der Waals surface area contributed by atoms with Crippen molar-refractivity contribution in [1.29, 1.82) is 0 Å². The van der Waals surface area contributed by atoms with E-state index in [1.54, 1.807) is 11.8 Å². The van der Waals surface area contributed by atoms with E-state index in [1.807, 2.05) is 32.3 Å². The van der Waals surface area contributed by atoms with Crippen molar-refractivity contribution in [2.24, 2.45) is 0 Å². The number of pyridine rings is 1. The number of thioether (sulfide) groups is 1. The van der Waals surface area contributed by atoms with Gasteiger partial charge in [-0.15, -0.1) is 11.8 Å². The molecule has 84 valence electrons. The molecule has 2 unspecified atom stereocenters. The van der Waals surface area contributed by atoms with E-state index in [0.717, 1.165) is 10.6 Å². The molecule has 1 aromatic heterocycles. The Morgan fingerprint density at radius 3 is 2.67 bits per heavy atom. The number of aliphatic hydroxyl groups excluding tert-OH is 1. The lowest BCUT2D eigenvalue weighted by Crippen LogP contribution is -2.13. The van der Waals surface area contributed by atoms with Gasteiger partial charge in [-0.25, -0.2) is 0 Å². The number of hydrogen-bond acceptors (Lipinski definition) is 4. The highest BCUT2D eigenvalue weighted by Gasteiger charge is 2.06. The number of nitrogens with zero attached hydrogens (tertiary/aromatic N) is 1. The number of aliphatic hydroxyl groups is 1. The fourth-order valence-corrected chi connectivity index (χ4v) is 1.93.